The quantitative estimate of drug-likeness (QED) is 0.743. The first kappa shape index (κ1) is 20.7. The minimum Gasteiger partial charge on any atom is -0.368 e. The van der Waals surface area contributed by atoms with E-state index in [2.05, 4.69) is 10.5 Å². The highest BCUT2D eigenvalue weighted by Crippen LogP contribution is 2.18. The molecule has 2 saturated heterocycles. The molecule has 9 nitrogen and oxygen atoms in total. The van der Waals surface area contributed by atoms with Crippen LogP contribution in [-0.4, -0.2) is 82.6 Å². The first-order chi connectivity index (χ1) is 13.4. The number of nitrogens with zero attached hydrogens (tertiary/aromatic N) is 3. The third kappa shape index (κ3) is 5.26. The molecule has 2 aliphatic rings. The minimum atomic E-state index is -0.400. The van der Waals surface area contributed by atoms with E-state index < -0.39 is 5.25 Å². The maximum absolute atomic E-state index is 12.4. The lowest BCUT2D eigenvalue weighted by Crippen LogP contribution is -2.53. The molecule has 28 heavy (non-hydrogen) atoms. The van der Waals surface area contributed by atoms with Gasteiger partial charge < -0.3 is 24.4 Å². The predicted octanol–water partition coefficient (Wildman–Crippen LogP) is 0.893. The topological polar surface area (TPSA) is 105 Å². The molecule has 3 rings (SSSR count). The monoisotopic (exact) mass is 410 g/mol. The van der Waals surface area contributed by atoms with Crippen molar-refractivity contribution in [2.45, 2.75) is 38.0 Å². The molecule has 2 fully saturated rings. The predicted molar refractivity (Wildman–Crippen MR) is 104 cm³/mol. The van der Waals surface area contributed by atoms with Crippen molar-refractivity contribution in [1.29, 1.82) is 0 Å². The van der Waals surface area contributed by atoms with Gasteiger partial charge in [-0.05, 0) is 26.7 Å². The maximum atomic E-state index is 12.4. The van der Waals surface area contributed by atoms with E-state index in [1.807, 2.05) is 0 Å². The summed E-state index contributed by atoms with van der Waals surface area (Å²) < 4.78 is 10.4. The number of hydrogen-bond donors (Lipinski definition) is 1. The van der Waals surface area contributed by atoms with E-state index in [1.54, 1.807) is 29.7 Å². The van der Waals surface area contributed by atoms with E-state index in [9.17, 15) is 14.4 Å². The van der Waals surface area contributed by atoms with Crippen molar-refractivity contribution in [3.05, 3.63) is 11.8 Å². The molecule has 154 valence electrons. The van der Waals surface area contributed by atoms with Gasteiger partial charge in [-0.25, -0.2) is 0 Å². The number of aryl methyl sites for hydroxylation is 1. The third-order valence-electron chi connectivity index (χ3n) is 4.85. The summed E-state index contributed by atoms with van der Waals surface area (Å²) >= 11 is 1.28. The summed E-state index contributed by atoms with van der Waals surface area (Å²) in [7, 11) is 0. The molecule has 0 radical (unpaired) electrons. The molecule has 0 aromatic carbocycles. The second kappa shape index (κ2) is 9.42. The van der Waals surface area contributed by atoms with Crippen molar-refractivity contribution >= 4 is 35.3 Å². The van der Waals surface area contributed by atoms with Gasteiger partial charge in [0.25, 0.3) is 5.91 Å². The average Bonchev–Trinajstić information content (AvgIpc) is 3.37. The number of ether oxygens (including phenoxy) is 1. The number of anilines is 1. The van der Waals surface area contributed by atoms with Crippen LogP contribution in [0.3, 0.4) is 0 Å². The number of carbonyl (C=O) groups is 3. The fraction of sp³-hybridized carbons (Fsp3) is 0.667. The number of thioether (sulfide) groups is 1. The molecular weight excluding hydrogens is 384 g/mol. The van der Waals surface area contributed by atoms with Crippen molar-refractivity contribution in [2.75, 3.05) is 43.9 Å². The summed E-state index contributed by atoms with van der Waals surface area (Å²) in [6, 6.07) is 1.64. The highest BCUT2D eigenvalue weighted by Gasteiger charge is 2.31. The van der Waals surface area contributed by atoms with Crippen molar-refractivity contribution in [3.8, 4) is 0 Å². The Morgan fingerprint density at radius 2 is 2.00 bits per heavy atom. The first-order valence-corrected chi connectivity index (χ1v) is 10.5. The Morgan fingerprint density at radius 3 is 2.61 bits per heavy atom. The lowest BCUT2D eigenvalue weighted by Gasteiger charge is -2.35. The minimum absolute atomic E-state index is 0.0221. The summed E-state index contributed by atoms with van der Waals surface area (Å²) in [4.78, 5) is 40.5. The van der Waals surface area contributed by atoms with E-state index >= 15 is 0 Å². The molecule has 0 spiro atoms. The Hall–Kier alpha value is -2.07. The largest absolute Gasteiger partial charge is 0.368 e. The molecule has 0 bridgehead atoms. The van der Waals surface area contributed by atoms with Crippen LogP contribution in [0.4, 0.5) is 5.82 Å². The molecular formula is C18H26N4O5S. The van der Waals surface area contributed by atoms with Crippen molar-refractivity contribution < 1.29 is 23.6 Å². The van der Waals surface area contributed by atoms with E-state index in [0.717, 1.165) is 12.8 Å². The van der Waals surface area contributed by atoms with E-state index in [-0.39, 0.29) is 29.6 Å². The van der Waals surface area contributed by atoms with Gasteiger partial charge in [0.1, 0.15) is 11.9 Å². The van der Waals surface area contributed by atoms with Crippen LogP contribution in [0.1, 0.15) is 25.5 Å². The van der Waals surface area contributed by atoms with Crippen LogP contribution >= 0.6 is 11.8 Å². The summed E-state index contributed by atoms with van der Waals surface area (Å²) in [5.41, 5.74) is 0. The summed E-state index contributed by atoms with van der Waals surface area (Å²) in [6.45, 7) is 6.21. The van der Waals surface area contributed by atoms with Gasteiger partial charge in [0.15, 0.2) is 5.82 Å². The number of rotatable bonds is 6. The molecule has 2 aliphatic heterocycles. The van der Waals surface area contributed by atoms with Crippen LogP contribution in [0.25, 0.3) is 0 Å². The van der Waals surface area contributed by atoms with Crippen molar-refractivity contribution in [3.63, 3.8) is 0 Å². The van der Waals surface area contributed by atoms with E-state index in [0.29, 0.717) is 44.4 Å². The maximum Gasteiger partial charge on any atom is 0.251 e. The number of hydrogen-bond acceptors (Lipinski definition) is 7. The molecule has 2 unspecified atom stereocenters. The SMILES string of the molecule is Cc1cc(NC(=O)C(C)SCC(=O)N2CCN(C(=O)C3CCCO3)CC2)no1. The van der Waals surface area contributed by atoms with Gasteiger partial charge in [0.2, 0.25) is 11.8 Å². The van der Waals surface area contributed by atoms with Gasteiger partial charge in [-0.1, -0.05) is 5.16 Å². The zero-order chi connectivity index (χ0) is 20.1. The number of carbonyl (C=O) groups excluding carboxylic acids is 3. The Balaban J connectivity index is 1.38. The van der Waals surface area contributed by atoms with E-state index in [1.165, 1.54) is 11.8 Å². The van der Waals surface area contributed by atoms with Gasteiger partial charge in [0.05, 0.1) is 11.0 Å². The van der Waals surface area contributed by atoms with Crippen molar-refractivity contribution in [1.82, 2.24) is 15.0 Å². The lowest BCUT2D eigenvalue weighted by atomic mass is 10.2. The molecule has 1 aromatic heterocycles. The summed E-state index contributed by atoms with van der Waals surface area (Å²) in [5, 5.41) is 5.99. The Morgan fingerprint density at radius 1 is 1.29 bits per heavy atom. The fourth-order valence-corrected chi connectivity index (χ4v) is 3.95. The van der Waals surface area contributed by atoms with Gasteiger partial charge in [-0.3, -0.25) is 14.4 Å². The Labute approximate surface area is 168 Å². The number of amides is 3. The van der Waals surface area contributed by atoms with Crippen LogP contribution in [0.5, 0.6) is 0 Å². The van der Waals surface area contributed by atoms with Crippen LogP contribution in [-0.2, 0) is 19.1 Å². The molecule has 2 atom stereocenters. The van der Waals surface area contributed by atoms with E-state index in [4.69, 9.17) is 9.26 Å². The number of piperazine rings is 1. The number of nitrogens with one attached hydrogen (secondary N) is 1. The molecule has 1 N–H and O–H groups in total. The zero-order valence-electron chi connectivity index (χ0n) is 16.2. The average molecular weight is 410 g/mol. The van der Waals surface area contributed by atoms with Gasteiger partial charge >= 0.3 is 0 Å². The zero-order valence-corrected chi connectivity index (χ0v) is 17.0. The number of aromatic nitrogens is 1. The molecule has 1 aromatic rings. The van der Waals surface area contributed by atoms with Crippen LogP contribution in [0.2, 0.25) is 0 Å². The van der Waals surface area contributed by atoms with Gasteiger partial charge in [0, 0.05) is 38.9 Å². The molecule has 10 heteroatoms. The normalized spacial score (nSPS) is 20.9. The second-order valence-corrected chi connectivity index (χ2v) is 8.30. The lowest BCUT2D eigenvalue weighted by molar-refractivity contribution is -0.145. The second-order valence-electron chi connectivity index (χ2n) is 6.97. The molecule has 3 heterocycles. The first-order valence-electron chi connectivity index (χ1n) is 9.48. The highest BCUT2D eigenvalue weighted by molar-refractivity contribution is 8.01. The molecule has 0 aliphatic carbocycles. The summed E-state index contributed by atoms with van der Waals surface area (Å²) in [6.07, 6.45) is 1.39. The molecule has 0 saturated carbocycles. The van der Waals surface area contributed by atoms with Crippen molar-refractivity contribution in [2.24, 2.45) is 0 Å². The highest BCUT2D eigenvalue weighted by atomic mass is 32.2. The van der Waals surface area contributed by atoms with Crippen LogP contribution in [0.15, 0.2) is 10.6 Å². The van der Waals surface area contributed by atoms with Crippen LogP contribution in [0, 0.1) is 6.92 Å². The van der Waals surface area contributed by atoms with Gasteiger partial charge in [-0.15, -0.1) is 11.8 Å². The molecule has 3 amide bonds. The van der Waals surface area contributed by atoms with Gasteiger partial charge in [-0.2, -0.15) is 0 Å². The van der Waals surface area contributed by atoms with Crippen LogP contribution < -0.4 is 5.32 Å². The fourth-order valence-electron chi connectivity index (χ4n) is 3.17. The summed E-state index contributed by atoms with van der Waals surface area (Å²) in [5.74, 6) is 0.986. The Bertz CT molecular complexity index is 711. The smallest absolute Gasteiger partial charge is 0.251 e. The Kier molecular flexibility index (Phi) is 6.95. The third-order valence-corrected chi connectivity index (χ3v) is 5.98. The standard InChI is InChI=1S/C18H26N4O5S/c1-12-10-15(20-27-12)19-17(24)13(2)28-11-16(23)21-5-7-22(8-6-21)18(25)14-4-3-9-26-14/h10,13-14H,3-9,11H2,1-2H3,(H,19,20,24).